The Hall–Kier alpha value is -2.20. The van der Waals surface area contributed by atoms with Gasteiger partial charge in [-0.05, 0) is 38.7 Å². The van der Waals surface area contributed by atoms with E-state index < -0.39 is 11.9 Å². The van der Waals surface area contributed by atoms with Crippen LogP contribution in [0.25, 0.3) is 5.65 Å². The molecule has 2 saturated heterocycles. The number of carbonyl (C=O) groups excluding carboxylic acids is 1. The highest BCUT2D eigenvalue weighted by Gasteiger charge is 2.36. The fourth-order valence-corrected chi connectivity index (χ4v) is 4.06. The van der Waals surface area contributed by atoms with Crippen molar-refractivity contribution in [1.82, 2.24) is 19.5 Å². The van der Waals surface area contributed by atoms with Crippen molar-refractivity contribution in [3.8, 4) is 0 Å². The normalized spacial score (nSPS) is 22.7. The number of nitrogens with zero attached hydrogens (tertiary/aromatic N) is 4. The van der Waals surface area contributed by atoms with Gasteiger partial charge in [0.15, 0.2) is 5.65 Å². The molecule has 10 heteroatoms. The summed E-state index contributed by atoms with van der Waals surface area (Å²) in [5.74, 6) is -0.249. The second-order valence-corrected chi connectivity index (χ2v) is 7.95. The molecule has 0 spiro atoms. The number of ether oxygens (including phenoxy) is 2. The van der Waals surface area contributed by atoms with E-state index in [2.05, 4.69) is 10.1 Å². The van der Waals surface area contributed by atoms with Crippen LogP contribution in [0.4, 0.5) is 13.2 Å². The van der Waals surface area contributed by atoms with E-state index in [0.29, 0.717) is 31.8 Å². The molecule has 30 heavy (non-hydrogen) atoms. The average molecular weight is 426 g/mol. The van der Waals surface area contributed by atoms with Gasteiger partial charge in [-0.1, -0.05) is 0 Å². The predicted molar refractivity (Wildman–Crippen MR) is 101 cm³/mol. The Morgan fingerprint density at radius 1 is 1.30 bits per heavy atom. The highest BCUT2D eigenvalue weighted by molar-refractivity contribution is 5.77. The van der Waals surface area contributed by atoms with Gasteiger partial charge in [-0.15, -0.1) is 0 Å². The van der Waals surface area contributed by atoms with Gasteiger partial charge in [0.1, 0.15) is 12.3 Å². The van der Waals surface area contributed by atoms with Gasteiger partial charge >= 0.3 is 6.18 Å². The molecule has 0 aliphatic carbocycles. The fraction of sp³-hybridized carbons (Fsp3) is 0.650. The van der Waals surface area contributed by atoms with E-state index in [4.69, 9.17) is 9.47 Å². The molecule has 2 aliphatic heterocycles. The molecule has 2 aromatic rings. The highest BCUT2D eigenvalue weighted by atomic mass is 19.4. The number of hydrogen-bond acceptors (Lipinski definition) is 5. The molecule has 7 nitrogen and oxygen atoms in total. The zero-order valence-corrected chi connectivity index (χ0v) is 16.8. The summed E-state index contributed by atoms with van der Waals surface area (Å²) in [7, 11) is 0. The van der Waals surface area contributed by atoms with E-state index in [1.807, 2.05) is 0 Å². The number of rotatable bonds is 5. The van der Waals surface area contributed by atoms with E-state index in [9.17, 15) is 18.0 Å². The lowest BCUT2D eigenvalue weighted by atomic mass is 10.1. The van der Waals surface area contributed by atoms with Crippen molar-refractivity contribution in [2.45, 2.75) is 50.8 Å². The minimum Gasteiger partial charge on any atom is -0.376 e. The van der Waals surface area contributed by atoms with E-state index in [-0.39, 0.29) is 35.9 Å². The standard InChI is InChI=1S/C20H25F3N4O3/c1-13-8-17(20(21,22)23)27-18(24-13)9-16(25-27)14-5-6-26(10-14)19(28)12-29-11-15-4-2-3-7-30-15/h8-9,14-15H,2-7,10-12H2,1H3/t14-,15-/m0/s1. The van der Waals surface area contributed by atoms with Crippen LogP contribution in [-0.4, -0.2) is 64.4 Å². The number of likely N-dealkylation sites (tertiary alicyclic amines) is 1. The third kappa shape index (κ3) is 4.59. The van der Waals surface area contributed by atoms with Crippen molar-refractivity contribution >= 4 is 11.6 Å². The summed E-state index contributed by atoms with van der Waals surface area (Å²) in [5, 5.41) is 4.17. The van der Waals surface area contributed by atoms with Crippen LogP contribution < -0.4 is 0 Å². The van der Waals surface area contributed by atoms with Gasteiger partial charge in [-0.25, -0.2) is 9.50 Å². The van der Waals surface area contributed by atoms with E-state index >= 15 is 0 Å². The van der Waals surface area contributed by atoms with Gasteiger partial charge in [0.05, 0.1) is 18.4 Å². The number of alkyl halides is 3. The Balaban J connectivity index is 1.38. The molecule has 4 heterocycles. The summed E-state index contributed by atoms with van der Waals surface area (Å²) in [6.45, 7) is 3.58. The lowest BCUT2D eigenvalue weighted by molar-refractivity contribution is -0.142. The molecular formula is C20H25F3N4O3. The number of hydrogen-bond donors (Lipinski definition) is 0. The molecule has 0 radical (unpaired) electrons. The summed E-state index contributed by atoms with van der Waals surface area (Å²) in [6, 6.07) is 2.57. The van der Waals surface area contributed by atoms with Crippen LogP contribution in [0.3, 0.4) is 0 Å². The van der Waals surface area contributed by atoms with Gasteiger partial charge in [0.2, 0.25) is 5.91 Å². The zero-order chi connectivity index (χ0) is 21.3. The van der Waals surface area contributed by atoms with E-state index in [0.717, 1.165) is 36.5 Å². The molecule has 0 bridgehead atoms. The lowest BCUT2D eigenvalue weighted by Gasteiger charge is -2.23. The van der Waals surface area contributed by atoms with Crippen LogP contribution in [0.1, 0.15) is 48.7 Å². The monoisotopic (exact) mass is 426 g/mol. The molecule has 2 aliphatic rings. The van der Waals surface area contributed by atoms with E-state index in [1.165, 1.54) is 6.92 Å². The van der Waals surface area contributed by atoms with Crippen molar-refractivity contribution < 1.29 is 27.4 Å². The summed E-state index contributed by atoms with van der Waals surface area (Å²) < 4.78 is 52.0. The summed E-state index contributed by atoms with van der Waals surface area (Å²) in [6.07, 6.45) is -0.712. The third-order valence-corrected chi connectivity index (χ3v) is 5.63. The Kier molecular flexibility index (Phi) is 5.97. The first-order valence-corrected chi connectivity index (χ1v) is 10.2. The van der Waals surface area contributed by atoms with Gasteiger partial charge in [0.25, 0.3) is 0 Å². The SMILES string of the molecule is Cc1cc(C(F)(F)F)n2nc([C@H]3CCN(C(=O)COC[C@@H]4CCCCO4)C3)cc2n1. The number of aryl methyl sites for hydroxylation is 1. The van der Waals surface area contributed by atoms with Crippen molar-refractivity contribution in [3.63, 3.8) is 0 Å². The Morgan fingerprint density at radius 3 is 2.87 bits per heavy atom. The molecule has 0 saturated carbocycles. The van der Waals surface area contributed by atoms with Crippen molar-refractivity contribution in [2.75, 3.05) is 32.9 Å². The molecule has 1 amide bonds. The van der Waals surface area contributed by atoms with Gasteiger partial charge in [0, 0.05) is 37.4 Å². The first-order chi connectivity index (χ1) is 14.3. The first-order valence-electron chi connectivity index (χ1n) is 10.2. The number of aromatic nitrogens is 3. The molecule has 2 atom stereocenters. The second kappa shape index (κ2) is 8.50. The van der Waals surface area contributed by atoms with Crippen LogP contribution >= 0.6 is 0 Å². The second-order valence-electron chi connectivity index (χ2n) is 7.95. The average Bonchev–Trinajstić information content (AvgIpc) is 3.34. The van der Waals surface area contributed by atoms with Gasteiger partial charge in [-0.2, -0.15) is 18.3 Å². The third-order valence-electron chi connectivity index (χ3n) is 5.63. The maximum absolute atomic E-state index is 13.3. The van der Waals surface area contributed by atoms with Crippen LogP contribution in [0.15, 0.2) is 12.1 Å². The molecular weight excluding hydrogens is 401 g/mol. The summed E-state index contributed by atoms with van der Waals surface area (Å²) in [4.78, 5) is 18.3. The number of fused-ring (bicyclic) bond motifs is 1. The molecule has 2 aromatic heterocycles. The van der Waals surface area contributed by atoms with Crippen LogP contribution in [0.5, 0.6) is 0 Å². The minimum atomic E-state index is -4.52. The number of amides is 1. The minimum absolute atomic E-state index is 0.0171. The Morgan fingerprint density at radius 2 is 2.13 bits per heavy atom. The summed E-state index contributed by atoms with van der Waals surface area (Å²) >= 11 is 0. The summed E-state index contributed by atoms with van der Waals surface area (Å²) in [5.41, 5.74) is 0.118. The first kappa shape index (κ1) is 21.0. The van der Waals surface area contributed by atoms with E-state index in [1.54, 1.807) is 11.0 Å². The molecule has 0 N–H and O–H groups in total. The highest BCUT2D eigenvalue weighted by Crippen LogP contribution is 2.32. The maximum atomic E-state index is 13.3. The van der Waals surface area contributed by atoms with Crippen molar-refractivity contribution in [1.29, 1.82) is 0 Å². The van der Waals surface area contributed by atoms with Crippen LogP contribution in [0, 0.1) is 6.92 Å². The zero-order valence-electron chi connectivity index (χ0n) is 16.8. The topological polar surface area (TPSA) is 69.0 Å². The Bertz CT molecular complexity index is 909. The predicted octanol–water partition coefficient (Wildman–Crippen LogP) is 2.96. The quantitative estimate of drug-likeness (QED) is 0.735. The number of carbonyl (C=O) groups is 1. The smallest absolute Gasteiger partial charge is 0.376 e. The van der Waals surface area contributed by atoms with Crippen molar-refractivity contribution in [2.24, 2.45) is 0 Å². The molecule has 0 aromatic carbocycles. The molecule has 0 unspecified atom stereocenters. The van der Waals surface area contributed by atoms with Gasteiger partial charge in [-0.3, -0.25) is 4.79 Å². The van der Waals surface area contributed by atoms with Crippen molar-refractivity contribution in [3.05, 3.63) is 29.2 Å². The maximum Gasteiger partial charge on any atom is 0.433 e. The lowest BCUT2D eigenvalue weighted by Crippen LogP contribution is -2.33. The Labute approximate surface area is 172 Å². The van der Waals surface area contributed by atoms with Gasteiger partial charge < -0.3 is 14.4 Å². The van der Waals surface area contributed by atoms with Crippen LogP contribution in [-0.2, 0) is 20.4 Å². The molecule has 2 fully saturated rings. The fourth-order valence-electron chi connectivity index (χ4n) is 4.06. The largest absolute Gasteiger partial charge is 0.433 e. The molecule has 4 rings (SSSR count). The van der Waals surface area contributed by atoms with Crippen LogP contribution in [0.2, 0.25) is 0 Å². The molecule has 164 valence electrons. The number of halogens is 3.